The molecular weight excluding hydrogens is 414 g/mol. The van der Waals surface area contributed by atoms with Crippen LogP contribution in [0.15, 0.2) is 82.6 Å². The first-order valence-corrected chi connectivity index (χ1v) is 10.8. The fraction of sp³-hybridized carbons (Fsp3) is 0.185. The highest BCUT2D eigenvalue weighted by Crippen LogP contribution is 2.26. The van der Waals surface area contributed by atoms with E-state index in [0.29, 0.717) is 22.7 Å². The standard InChI is InChI=1S/C27H27N3O3/c1-5-19-6-10-21(11-7-19)28-18(2)25-26(20-8-14-23(32-3)15-9-20)29-30(27(25)31)22-12-16-24(33-4)17-13-22/h6-17,29H,5H2,1-4H3. The van der Waals surface area contributed by atoms with E-state index in [1.807, 2.05) is 67.6 Å². The molecule has 168 valence electrons. The maximum atomic E-state index is 13.6. The topological polar surface area (TPSA) is 68.6 Å². The first-order valence-electron chi connectivity index (χ1n) is 10.8. The van der Waals surface area contributed by atoms with E-state index < -0.39 is 0 Å². The number of aromatic nitrogens is 2. The Labute approximate surface area is 193 Å². The maximum absolute atomic E-state index is 13.6. The lowest BCUT2D eigenvalue weighted by Crippen LogP contribution is -2.19. The molecule has 0 unspecified atom stereocenters. The Morgan fingerprint density at radius 2 is 1.45 bits per heavy atom. The second-order valence-electron chi connectivity index (χ2n) is 7.65. The van der Waals surface area contributed by atoms with Gasteiger partial charge in [-0.25, -0.2) is 4.68 Å². The average molecular weight is 442 g/mol. The molecule has 3 aromatic carbocycles. The van der Waals surface area contributed by atoms with E-state index in [9.17, 15) is 4.79 Å². The van der Waals surface area contributed by atoms with Gasteiger partial charge >= 0.3 is 0 Å². The molecule has 0 aliphatic carbocycles. The van der Waals surface area contributed by atoms with Crippen LogP contribution in [0.2, 0.25) is 0 Å². The molecule has 1 heterocycles. The van der Waals surface area contributed by atoms with Gasteiger partial charge in [-0.3, -0.25) is 14.9 Å². The minimum atomic E-state index is -0.169. The van der Waals surface area contributed by atoms with Crippen molar-refractivity contribution in [2.24, 2.45) is 4.99 Å². The molecule has 0 spiro atoms. The number of ether oxygens (including phenoxy) is 2. The fourth-order valence-corrected chi connectivity index (χ4v) is 3.71. The van der Waals surface area contributed by atoms with Crippen molar-refractivity contribution in [3.63, 3.8) is 0 Å². The molecule has 0 fully saturated rings. The number of aliphatic imine (C=N–C) groups is 1. The zero-order valence-electron chi connectivity index (χ0n) is 19.3. The highest BCUT2D eigenvalue weighted by atomic mass is 16.5. The van der Waals surface area contributed by atoms with Gasteiger partial charge in [0.25, 0.3) is 5.56 Å². The lowest BCUT2D eigenvalue weighted by atomic mass is 10.0. The summed E-state index contributed by atoms with van der Waals surface area (Å²) in [4.78, 5) is 18.3. The molecule has 0 aliphatic heterocycles. The fourth-order valence-electron chi connectivity index (χ4n) is 3.71. The molecule has 0 aliphatic rings. The maximum Gasteiger partial charge on any atom is 0.280 e. The van der Waals surface area contributed by atoms with Gasteiger partial charge in [0.15, 0.2) is 0 Å². The van der Waals surface area contributed by atoms with E-state index in [4.69, 9.17) is 14.5 Å². The number of methoxy groups -OCH3 is 2. The van der Waals surface area contributed by atoms with Crippen molar-refractivity contribution in [1.29, 1.82) is 0 Å². The van der Waals surface area contributed by atoms with Gasteiger partial charge in [0.2, 0.25) is 0 Å². The van der Waals surface area contributed by atoms with Crippen LogP contribution in [0.4, 0.5) is 5.69 Å². The predicted octanol–water partition coefficient (Wildman–Crippen LogP) is 5.55. The normalized spacial score (nSPS) is 11.5. The van der Waals surface area contributed by atoms with E-state index in [1.54, 1.807) is 14.2 Å². The summed E-state index contributed by atoms with van der Waals surface area (Å²) in [6.45, 7) is 3.98. The number of nitrogens with one attached hydrogen (secondary N) is 1. The van der Waals surface area contributed by atoms with Crippen LogP contribution in [0, 0.1) is 0 Å². The van der Waals surface area contributed by atoms with Crippen LogP contribution in [0.25, 0.3) is 16.9 Å². The minimum absolute atomic E-state index is 0.169. The average Bonchev–Trinajstić information content (AvgIpc) is 3.21. The summed E-state index contributed by atoms with van der Waals surface area (Å²) in [5.41, 5.74) is 5.32. The van der Waals surface area contributed by atoms with Crippen LogP contribution in [0.1, 0.15) is 25.0 Å². The number of aromatic amines is 1. The zero-order chi connectivity index (χ0) is 23.4. The third kappa shape index (κ3) is 4.60. The van der Waals surface area contributed by atoms with Gasteiger partial charge in [0, 0.05) is 5.56 Å². The third-order valence-electron chi connectivity index (χ3n) is 5.60. The number of rotatable bonds is 7. The van der Waals surface area contributed by atoms with Crippen LogP contribution >= 0.6 is 0 Å². The van der Waals surface area contributed by atoms with Crippen molar-refractivity contribution >= 4 is 11.4 Å². The summed E-state index contributed by atoms with van der Waals surface area (Å²) in [6.07, 6.45) is 0.967. The second-order valence-corrected chi connectivity index (χ2v) is 7.65. The molecule has 0 amide bonds. The smallest absolute Gasteiger partial charge is 0.280 e. The molecule has 0 atom stereocenters. The highest BCUT2D eigenvalue weighted by molar-refractivity contribution is 6.04. The van der Waals surface area contributed by atoms with E-state index in [0.717, 1.165) is 29.2 Å². The number of hydrogen-bond donors (Lipinski definition) is 1. The lowest BCUT2D eigenvalue weighted by molar-refractivity contribution is 0.414. The van der Waals surface area contributed by atoms with Crippen LogP contribution in [-0.4, -0.2) is 29.7 Å². The highest BCUT2D eigenvalue weighted by Gasteiger charge is 2.19. The number of aryl methyl sites for hydroxylation is 1. The van der Waals surface area contributed by atoms with E-state index in [1.165, 1.54) is 10.2 Å². The lowest BCUT2D eigenvalue weighted by Gasteiger charge is -2.05. The van der Waals surface area contributed by atoms with Crippen LogP contribution in [0.3, 0.4) is 0 Å². The molecule has 6 nitrogen and oxygen atoms in total. The summed E-state index contributed by atoms with van der Waals surface area (Å²) >= 11 is 0. The number of hydrogen-bond acceptors (Lipinski definition) is 4. The van der Waals surface area contributed by atoms with E-state index >= 15 is 0 Å². The van der Waals surface area contributed by atoms with Crippen LogP contribution in [-0.2, 0) is 6.42 Å². The molecule has 0 saturated carbocycles. The van der Waals surface area contributed by atoms with Gasteiger partial charge in [-0.1, -0.05) is 19.1 Å². The van der Waals surface area contributed by atoms with Gasteiger partial charge < -0.3 is 9.47 Å². The van der Waals surface area contributed by atoms with Gasteiger partial charge in [-0.05, 0) is 79.6 Å². The SMILES string of the molecule is CCc1ccc(N=C(C)c2c(-c3ccc(OC)cc3)[nH]n(-c3ccc(OC)cc3)c2=O)cc1. The van der Waals surface area contributed by atoms with Gasteiger partial charge in [0.1, 0.15) is 11.5 Å². The molecular formula is C27H27N3O3. The van der Waals surface area contributed by atoms with Gasteiger partial charge in [-0.15, -0.1) is 0 Å². The number of H-pyrrole nitrogens is 1. The van der Waals surface area contributed by atoms with Gasteiger partial charge in [-0.2, -0.15) is 0 Å². The predicted molar refractivity (Wildman–Crippen MR) is 133 cm³/mol. The summed E-state index contributed by atoms with van der Waals surface area (Å²) in [6, 6.07) is 23.0. The van der Waals surface area contributed by atoms with Crippen molar-refractivity contribution in [3.8, 4) is 28.4 Å². The number of benzene rings is 3. The second kappa shape index (κ2) is 9.61. The summed E-state index contributed by atoms with van der Waals surface area (Å²) < 4.78 is 12.1. The molecule has 1 N–H and O–H groups in total. The molecule has 0 bridgehead atoms. The number of nitrogens with zero attached hydrogens (tertiary/aromatic N) is 2. The monoisotopic (exact) mass is 441 g/mol. The van der Waals surface area contributed by atoms with E-state index in [-0.39, 0.29) is 5.56 Å². The summed E-state index contributed by atoms with van der Waals surface area (Å²) in [5, 5.41) is 3.28. The molecule has 4 rings (SSSR count). The molecule has 0 saturated heterocycles. The Morgan fingerprint density at radius 3 is 2.00 bits per heavy atom. The van der Waals surface area contributed by atoms with E-state index in [2.05, 4.69) is 24.2 Å². The minimum Gasteiger partial charge on any atom is -0.497 e. The molecule has 4 aromatic rings. The quantitative estimate of drug-likeness (QED) is 0.382. The Morgan fingerprint density at radius 1 is 0.879 bits per heavy atom. The first-order chi connectivity index (χ1) is 16.0. The van der Waals surface area contributed by atoms with Crippen LogP contribution < -0.4 is 15.0 Å². The van der Waals surface area contributed by atoms with Crippen molar-refractivity contribution in [3.05, 3.63) is 94.3 Å². The van der Waals surface area contributed by atoms with Crippen molar-refractivity contribution in [2.75, 3.05) is 14.2 Å². The molecule has 1 aromatic heterocycles. The third-order valence-corrected chi connectivity index (χ3v) is 5.60. The Bertz CT molecular complexity index is 1310. The summed E-state index contributed by atoms with van der Waals surface area (Å²) in [7, 11) is 3.24. The molecule has 33 heavy (non-hydrogen) atoms. The Hall–Kier alpha value is -4.06. The Balaban J connectivity index is 1.85. The van der Waals surface area contributed by atoms with Crippen molar-refractivity contribution in [1.82, 2.24) is 9.78 Å². The van der Waals surface area contributed by atoms with Crippen molar-refractivity contribution in [2.45, 2.75) is 20.3 Å². The molecule has 6 heteroatoms. The van der Waals surface area contributed by atoms with Crippen molar-refractivity contribution < 1.29 is 9.47 Å². The van der Waals surface area contributed by atoms with Crippen LogP contribution in [0.5, 0.6) is 11.5 Å². The zero-order valence-corrected chi connectivity index (χ0v) is 19.3. The first kappa shape index (κ1) is 22.1. The Kier molecular flexibility index (Phi) is 6.45. The summed E-state index contributed by atoms with van der Waals surface area (Å²) in [5.74, 6) is 1.47. The van der Waals surface area contributed by atoms with Gasteiger partial charge in [0.05, 0.1) is 42.6 Å². The largest absolute Gasteiger partial charge is 0.497 e. The molecule has 0 radical (unpaired) electrons.